The van der Waals surface area contributed by atoms with Crippen molar-refractivity contribution in [2.24, 2.45) is 5.92 Å². The highest BCUT2D eigenvalue weighted by molar-refractivity contribution is 6.30. The third kappa shape index (κ3) is 5.85. The zero-order valence-electron chi connectivity index (χ0n) is 17.8. The highest BCUT2D eigenvalue weighted by Crippen LogP contribution is 2.19. The summed E-state index contributed by atoms with van der Waals surface area (Å²) in [5, 5.41) is 0.543. The molecular formula is C24H27ClN2O4. The molecule has 0 saturated carbocycles. The van der Waals surface area contributed by atoms with Gasteiger partial charge in [-0.3, -0.25) is 9.59 Å². The van der Waals surface area contributed by atoms with E-state index >= 15 is 0 Å². The molecular weight excluding hydrogens is 416 g/mol. The van der Waals surface area contributed by atoms with Gasteiger partial charge in [0.25, 0.3) is 5.91 Å². The largest absolute Gasteiger partial charge is 0.449 e. The van der Waals surface area contributed by atoms with Crippen molar-refractivity contribution >= 4 is 29.4 Å². The number of rotatable bonds is 5. The Labute approximate surface area is 187 Å². The topological polar surface area (TPSA) is 66.9 Å². The van der Waals surface area contributed by atoms with Crippen molar-refractivity contribution in [1.29, 1.82) is 0 Å². The van der Waals surface area contributed by atoms with Crippen molar-refractivity contribution < 1.29 is 19.1 Å². The molecule has 1 fully saturated rings. The standard InChI is InChI=1S/C24H27ClN2O4/c1-17(2)16-31-24(30)27-13-5-12-26(14-15-27)23(29)21-7-4-3-6-20(21)22(28)18-8-10-19(25)11-9-18/h3-4,6-11,17H,5,12-16H2,1-2H3. The van der Waals surface area contributed by atoms with Gasteiger partial charge in [-0.25, -0.2) is 4.79 Å². The summed E-state index contributed by atoms with van der Waals surface area (Å²) in [7, 11) is 0. The maximum absolute atomic E-state index is 13.3. The molecule has 1 heterocycles. The Morgan fingerprint density at radius 2 is 1.52 bits per heavy atom. The number of benzene rings is 2. The molecule has 1 aliphatic heterocycles. The number of carbonyl (C=O) groups is 3. The van der Waals surface area contributed by atoms with Gasteiger partial charge in [0.15, 0.2) is 5.78 Å². The number of hydrogen-bond acceptors (Lipinski definition) is 4. The van der Waals surface area contributed by atoms with E-state index in [1.54, 1.807) is 58.3 Å². The number of carbonyl (C=O) groups excluding carboxylic acids is 3. The van der Waals surface area contributed by atoms with Gasteiger partial charge >= 0.3 is 6.09 Å². The third-order valence-electron chi connectivity index (χ3n) is 5.09. The fourth-order valence-electron chi connectivity index (χ4n) is 3.43. The first-order valence-electron chi connectivity index (χ1n) is 10.5. The number of amides is 2. The Morgan fingerprint density at radius 3 is 2.19 bits per heavy atom. The minimum absolute atomic E-state index is 0.213. The van der Waals surface area contributed by atoms with Crippen LogP contribution in [-0.2, 0) is 4.74 Å². The Hall–Kier alpha value is -2.86. The first-order chi connectivity index (χ1) is 14.9. The van der Waals surface area contributed by atoms with Crippen LogP contribution in [-0.4, -0.2) is 60.4 Å². The van der Waals surface area contributed by atoms with E-state index in [0.29, 0.717) is 60.9 Å². The molecule has 3 rings (SSSR count). The Morgan fingerprint density at radius 1 is 0.903 bits per heavy atom. The fraction of sp³-hybridized carbons (Fsp3) is 0.375. The molecule has 0 aliphatic carbocycles. The summed E-state index contributed by atoms with van der Waals surface area (Å²) in [6.07, 6.45) is 0.303. The molecule has 0 aromatic heterocycles. The van der Waals surface area contributed by atoms with Crippen molar-refractivity contribution in [3.8, 4) is 0 Å². The summed E-state index contributed by atoms with van der Waals surface area (Å²) in [4.78, 5) is 41.9. The molecule has 1 saturated heterocycles. The van der Waals surface area contributed by atoms with Crippen LogP contribution in [0.2, 0.25) is 5.02 Å². The predicted molar refractivity (Wildman–Crippen MR) is 120 cm³/mol. The van der Waals surface area contributed by atoms with E-state index in [2.05, 4.69) is 0 Å². The van der Waals surface area contributed by atoms with Crippen LogP contribution in [0.3, 0.4) is 0 Å². The third-order valence-corrected chi connectivity index (χ3v) is 5.34. The van der Waals surface area contributed by atoms with E-state index in [-0.39, 0.29) is 23.7 Å². The zero-order valence-corrected chi connectivity index (χ0v) is 18.6. The van der Waals surface area contributed by atoms with Crippen molar-refractivity contribution in [2.75, 3.05) is 32.8 Å². The van der Waals surface area contributed by atoms with E-state index in [0.717, 1.165) is 0 Å². The summed E-state index contributed by atoms with van der Waals surface area (Å²) >= 11 is 5.92. The van der Waals surface area contributed by atoms with Gasteiger partial charge in [-0.2, -0.15) is 0 Å². The van der Waals surface area contributed by atoms with Gasteiger partial charge in [0.05, 0.1) is 12.2 Å². The van der Waals surface area contributed by atoms with Gasteiger partial charge in [0, 0.05) is 42.3 Å². The van der Waals surface area contributed by atoms with Crippen LogP contribution < -0.4 is 0 Å². The van der Waals surface area contributed by atoms with Crippen molar-refractivity contribution in [2.45, 2.75) is 20.3 Å². The second-order valence-electron chi connectivity index (χ2n) is 7.99. The van der Waals surface area contributed by atoms with Crippen molar-refractivity contribution in [3.05, 3.63) is 70.2 Å². The summed E-state index contributed by atoms with van der Waals surface area (Å²) in [5.74, 6) is -0.173. The Bertz CT molecular complexity index is 943. The molecule has 164 valence electrons. The summed E-state index contributed by atoms with van der Waals surface area (Å²) in [6.45, 7) is 6.17. The average molecular weight is 443 g/mol. The minimum Gasteiger partial charge on any atom is -0.449 e. The molecule has 2 amide bonds. The summed E-state index contributed by atoms with van der Waals surface area (Å²) in [5.41, 5.74) is 1.19. The lowest BCUT2D eigenvalue weighted by atomic mass is 9.97. The van der Waals surface area contributed by atoms with E-state index < -0.39 is 0 Å². The van der Waals surface area contributed by atoms with Gasteiger partial charge < -0.3 is 14.5 Å². The average Bonchev–Trinajstić information content (AvgIpc) is 3.03. The maximum Gasteiger partial charge on any atom is 0.409 e. The molecule has 1 aliphatic rings. The lowest BCUT2D eigenvalue weighted by molar-refractivity contribution is 0.0743. The highest BCUT2D eigenvalue weighted by atomic mass is 35.5. The van der Waals surface area contributed by atoms with E-state index in [1.165, 1.54) is 0 Å². The molecule has 0 spiro atoms. The van der Waals surface area contributed by atoms with Crippen molar-refractivity contribution in [1.82, 2.24) is 9.80 Å². The molecule has 6 nitrogen and oxygen atoms in total. The second-order valence-corrected chi connectivity index (χ2v) is 8.42. The van der Waals surface area contributed by atoms with Gasteiger partial charge in [0.1, 0.15) is 0 Å². The normalized spacial score (nSPS) is 14.3. The molecule has 7 heteroatoms. The van der Waals surface area contributed by atoms with Crippen LogP contribution in [0, 0.1) is 5.92 Å². The lowest BCUT2D eigenvalue weighted by Crippen LogP contribution is -2.38. The number of halogens is 1. The summed E-state index contributed by atoms with van der Waals surface area (Å²) in [6, 6.07) is 13.4. The SMILES string of the molecule is CC(C)COC(=O)N1CCCN(C(=O)c2ccccc2C(=O)c2ccc(Cl)cc2)CC1. The highest BCUT2D eigenvalue weighted by Gasteiger charge is 2.26. The number of hydrogen-bond donors (Lipinski definition) is 0. The molecule has 2 aromatic rings. The number of ether oxygens (including phenoxy) is 1. The fourth-order valence-corrected chi connectivity index (χ4v) is 3.55. The van der Waals surface area contributed by atoms with Crippen LogP contribution in [0.1, 0.15) is 46.5 Å². The van der Waals surface area contributed by atoms with Gasteiger partial charge in [-0.15, -0.1) is 0 Å². The van der Waals surface area contributed by atoms with E-state index in [9.17, 15) is 14.4 Å². The maximum atomic E-state index is 13.3. The van der Waals surface area contributed by atoms with Gasteiger partial charge in [-0.1, -0.05) is 43.6 Å². The van der Waals surface area contributed by atoms with Crippen molar-refractivity contribution in [3.63, 3.8) is 0 Å². The molecule has 31 heavy (non-hydrogen) atoms. The molecule has 0 radical (unpaired) electrons. The van der Waals surface area contributed by atoms with Crippen LogP contribution >= 0.6 is 11.6 Å². The molecule has 0 bridgehead atoms. The molecule has 2 aromatic carbocycles. The molecule has 0 N–H and O–H groups in total. The Balaban J connectivity index is 1.72. The smallest absolute Gasteiger partial charge is 0.409 e. The molecule has 0 unspecified atom stereocenters. The zero-order chi connectivity index (χ0) is 22.4. The first-order valence-corrected chi connectivity index (χ1v) is 10.8. The lowest BCUT2D eigenvalue weighted by Gasteiger charge is -2.23. The Kier molecular flexibility index (Phi) is 7.69. The molecule has 0 atom stereocenters. The van der Waals surface area contributed by atoms with Gasteiger partial charge in [0.2, 0.25) is 0 Å². The van der Waals surface area contributed by atoms with Gasteiger partial charge in [-0.05, 0) is 42.7 Å². The second kappa shape index (κ2) is 10.4. The van der Waals surface area contributed by atoms with Crippen LogP contribution in [0.5, 0.6) is 0 Å². The van der Waals surface area contributed by atoms with E-state index in [1.807, 2.05) is 13.8 Å². The first kappa shape index (κ1) is 22.8. The van der Waals surface area contributed by atoms with Crippen LogP contribution in [0.25, 0.3) is 0 Å². The minimum atomic E-state index is -0.346. The quantitative estimate of drug-likeness (QED) is 0.639. The predicted octanol–water partition coefficient (Wildman–Crippen LogP) is 4.51. The van der Waals surface area contributed by atoms with E-state index in [4.69, 9.17) is 16.3 Å². The van der Waals surface area contributed by atoms with Crippen LogP contribution in [0.4, 0.5) is 4.79 Å². The van der Waals surface area contributed by atoms with Crippen LogP contribution in [0.15, 0.2) is 48.5 Å². The number of ketones is 1. The monoisotopic (exact) mass is 442 g/mol. The summed E-state index contributed by atoms with van der Waals surface area (Å²) < 4.78 is 5.32. The number of nitrogens with zero attached hydrogens (tertiary/aromatic N) is 2.